The van der Waals surface area contributed by atoms with E-state index in [0.29, 0.717) is 35.1 Å². The number of anilines is 1. The number of nitrogens with one attached hydrogen (secondary N) is 1. The molecule has 1 heterocycles. The minimum absolute atomic E-state index is 0.204. The van der Waals surface area contributed by atoms with Gasteiger partial charge in [-0.1, -0.05) is 12.1 Å². The lowest BCUT2D eigenvalue weighted by Gasteiger charge is -2.12. The van der Waals surface area contributed by atoms with Crippen LogP contribution in [0.25, 0.3) is 5.69 Å². The Balaban J connectivity index is 1.69. The number of ether oxygens (including phenoxy) is 2. The number of aromatic nitrogens is 2. The number of allylic oxidation sites excluding steroid dienone is 1. The number of halogens is 1. The third-order valence-electron chi connectivity index (χ3n) is 4.14. The highest BCUT2D eigenvalue weighted by molar-refractivity contribution is 5.91. The number of nitrogens with zero attached hydrogens (tertiary/aromatic N) is 2. The maximum Gasteiger partial charge on any atom is 0.263 e. The quantitative estimate of drug-likeness (QED) is 0.584. The highest BCUT2D eigenvalue weighted by atomic mass is 19.1. The maximum absolute atomic E-state index is 13.2. The van der Waals surface area contributed by atoms with E-state index in [-0.39, 0.29) is 18.3 Å². The van der Waals surface area contributed by atoms with Gasteiger partial charge in [-0.3, -0.25) is 4.79 Å². The molecule has 0 spiro atoms. The van der Waals surface area contributed by atoms with E-state index in [1.807, 2.05) is 19.1 Å². The monoisotopic (exact) mass is 395 g/mol. The SMILES string of the molecule is C=CCc1ccc(OCC(=O)Nc2cc(C)nn2-c2ccc(F)cc2)c(OC)c1. The van der Waals surface area contributed by atoms with Gasteiger partial charge in [-0.15, -0.1) is 6.58 Å². The van der Waals surface area contributed by atoms with Crippen molar-refractivity contribution in [2.45, 2.75) is 13.3 Å². The van der Waals surface area contributed by atoms with E-state index in [1.165, 1.54) is 16.8 Å². The predicted octanol–water partition coefficient (Wildman–Crippen LogP) is 4.07. The molecular formula is C22H22FN3O3. The highest BCUT2D eigenvalue weighted by Crippen LogP contribution is 2.28. The van der Waals surface area contributed by atoms with Crippen molar-refractivity contribution in [2.75, 3.05) is 19.0 Å². The molecule has 0 fully saturated rings. The fourth-order valence-electron chi connectivity index (χ4n) is 2.81. The van der Waals surface area contributed by atoms with Gasteiger partial charge in [0.1, 0.15) is 11.6 Å². The second-order valence-corrected chi connectivity index (χ2v) is 6.37. The molecule has 1 aromatic heterocycles. The molecule has 150 valence electrons. The lowest BCUT2D eigenvalue weighted by molar-refractivity contribution is -0.118. The van der Waals surface area contributed by atoms with Crippen LogP contribution in [0.4, 0.5) is 10.2 Å². The van der Waals surface area contributed by atoms with E-state index in [9.17, 15) is 9.18 Å². The van der Waals surface area contributed by atoms with E-state index >= 15 is 0 Å². The third kappa shape index (κ3) is 5.01. The van der Waals surface area contributed by atoms with Crippen LogP contribution >= 0.6 is 0 Å². The Hall–Kier alpha value is -3.61. The summed E-state index contributed by atoms with van der Waals surface area (Å²) in [5.74, 6) is 0.786. The van der Waals surface area contributed by atoms with Crippen molar-refractivity contribution >= 4 is 11.7 Å². The number of carbonyl (C=O) groups excluding carboxylic acids is 1. The zero-order valence-electron chi connectivity index (χ0n) is 16.3. The Morgan fingerprint density at radius 3 is 2.66 bits per heavy atom. The van der Waals surface area contributed by atoms with Crippen LogP contribution in [0.1, 0.15) is 11.3 Å². The predicted molar refractivity (Wildman–Crippen MR) is 109 cm³/mol. The topological polar surface area (TPSA) is 65.4 Å². The van der Waals surface area contributed by atoms with E-state index < -0.39 is 0 Å². The molecule has 6 nitrogen and oxygen atoms in total. The molecule has 0 aliphatic rings. The van der Waals surface area contributed by atoms with Gasteiger partial charge in [-0.05, 0) is 55.3 Å². The number of benzene rings is 2. The summed E-state index contributed by atoms with van der Waals surface area (Å²) in [4.78, 5) is 12.4. The number of methoxy groups -OCH3 is 1. The minimum atomic E-state index is -0.356. The summed E-state index contributed by atoms with van der Waals surface area (Å²) >= 11 is 0. The molecule has 0 aliphatic heterocycles. The Bertz CT molecular complexity index is 1010. The average Bonchev–Trinajstić information content (AvgIpc) is 3.07. The molecule has 0 aliphatic carbocycles. The molecule has 0 saturated carbocycles. The molecule has 7 heteroatoms. The Labute approximate surface area is 168 Å². The second kappa shape index (κ2) is 9.05. The molecule has 3 aromatic rings. The molecule has 1 amide bonds. The summed E-state index contributed by atoms with van der Waals surface area (Å²) in [5, 5.41) is 7.12. The van der Waals surface area contributed by atoms with Gasteiger partial charge in [-0.2, -0.15) is 5.10 Å². The second-order valence-electron chi connectivity index (χ2n) is 6.37. The van der Waals surface area contributed by atoms with Gasteiger partial charge in [0.25, 0.3) is 5.91 Å². The van der Waals surface area contributed by atoms with Crippen molar-refractivity contribution in [2.24, 2.45) is 0 Å². The lowest BCUT2D eigenvalue weighted by Crippen LogP contribution is -2.22. The zero-order chi connectivity index (χ0) is 20.8. The molecule has 3 rings (SSSR count). The summed E-state index contributed by atoms with van der Waals surface area (Å²) in [6.45, 7) is 5.32. The molecule has 0 radical (unpaired) electrons. The van der Waals surface area contributed by atoms with Crippen molar-refractivity contribution in [3.05, 3.63) is 78.3 Å². The number of carbonyl (C=O) groups is 1. The number of amides is 1. The van der Waals surface area contributed by atoms with E-state index in [1.54, 1.807) is 37.5 Å². The molecular weight excluding hydrogens is 373 g/mol. The first kappa shape index (κ1) is 20.1. The first-order valence-electron chi connectivity index (χ1n) is 9.03. The zero-order valence-corrected chi connectivity index (χ0v) is 16.3. The van der Waals surface area contributed by atoms with Gasteiger partial charge in [0.05, 0.1) is 18.5 Å². The molecule has 0 saturated heterocycles. The van der Waals surface area contributed by atoms with Gasteiger partial charge >= 0.3 is 0 Å². The molecule has 29 heavy (non-hydrogen) atoms. The van der Waals surface area contributed by atoms with Gasteiger partial charge < -0.3 is 14.8 Å². The summed E-state index contributed by atoms with van der Waals surface area (Å²) < 4.78 is 25.7. The summed E-state index contributed by atoms with van der Waals surface area (Å²) in [6, 6.07) is 13.1. The number of rotatable bonds is 8. The first-order chi connectivity index (χ1) is 14.0. The lowest BCUT2D eigenvalue weighted by atomic mass is 10.1. The summed E-state index contributed by atoms with van der Waals surface area (Å²) in [7, 11) is 1.55. The number of hydrogen-bond donors (Lipinski definition) is 1. The molecule has 2 aromatic carbocycles. The fourth-order valence-corrected chi connectivity index (χ4v) is 2.81. The Morgan fingerprint density at radius 1 is 1.21 bits per heavy atom. The Morgan fingerprint density at radius 2 is 1.97 bits per heavy atom. The van der Waals surface area contributed by atoms with Gasteiger partial charge in [0, 0.05) is 6.07 Å². The van der Waals surface area contributed by atoms with Crippen LogP contribution in [0.5, 0.6) is 11.5 Å². The molecule has 0 bridgehead atoms. The first-order valence-corrected chi connectivity index (χ1v) is 9.03. The number of aryl methyl sites for hydroxylation is 1. The standard InChI is InChI=1S/C22H22FN3O3/c1-4-5-16-6-11-19(20(13-16)28-3)29-14-22(27)24-21-12-15(2)25-26(21)18-9-7-17(23)8-10-18/h4,6-13H,1,5,14H2,2-3H3,(H,24,27). The Kier molecular flexibility index (Phi) is 6.29. The maximum atomic E-state index is 13.2. The fraction of sp³-hybridized carbons (Fsp3) is 0.182. The summed E-state index contributed by atoms with van der Waals surface area (Å²) in [5.41, 5.74) is 2.38. The van der Waals surface area contributed by atoms with E-state index in [4.69, 9.17) is 9.47 Å². The van der Waals surface area contributed by atoms with Gasteiger partial charge in [0.15, 0.2) is 18.1 Å². The van der Waals surface area contributed by atoms with Gasteiger partial charge in [0.2, 0.25) is 0 Å². The van der Waals surface area contributed by atoms with Gasteiger partial charge in [-0.25, -0.2) is 9.07 Å². The number of hydrogen-bond acceptors (Lipinski definition) is 4. The van der Waals surface area contributed by atoms with Crippen molar-refractivity contribution in [1.29, 1.82) is 0 Å². The molecule has 0 unspecified atom stereocenters. The third-order valence-corrected chi connectivity index (χ3v) is 4.14. The summed E-state index contributed by atoms with van der Waals surface area (Å²) in [6.07, 6.45) is 2.51. The molecule has 0 atom stereocenters. The van der Waals surface area contributed by atoms with Crippen LogP contribution in [0, 0.1) is 12.7 Å². The smallest absolute Gasteiger partial charge is 0.263 e. The van der Waals surface area contributed by atoms with Crippen LogP contribution < -0.4 is 14.8 Å². The largest absolute Gasteiger partial charge is 0.493 e. The normalized spacial score (nSPS) is 10.4. The van der Waals surface area contributed by atoms with Crippen molar-refractivity contribution in [3.63, 3.8) is 0 Å². The minimum Gasteiger partial charge on any atom is -0.493 e. The van der Waals surface area contributed by atoms with Crippen molar-refractivity contribution in [3.8, 4) is 17.2 Å². The van der Waals surface area contributed by atoms with Crippen LogP contribution in [0.15, 0.2) is 61.2 Å². The van der Waals surface area contributed by atoms with Crippen molar-refractivity contribution in [1.82, 2.24) is 9.78 Å². The van der Waals surface area contributed by atoms with E-state index in [0.717, 1.165) is 5.56 Å². The van der Waals surface area contributed by atoms with Crippen LogP contribution in [-0.4, -0.2) is 29.4 Å². The van der Waals surface area contributed by atoms with Crippen LogP contribution in [-0.2, 0) is 11.2 Å². The highest BCUT2D eigenvalue weighted by Gasteiger charge is 2.13. The van der Waals surface area contributed by atoms with Crippen LogP contribution in [0.2, 0.25) is 0 Å². The van der Waals surface area contributed by atoms with Crippen LogP contribution in [0.3, 0.4) is 0 Å². The molecule has 1 N–H and O–H groups in total. The van der Waals surface area contributed by atoms with Crippen molar-refractivity contribution < 1.29 is 18.7 Å². The van der Waals surface area contributed by atoms with E-state index in [2.05, 4.69) is 17.0 Å². The average molecular weight is 395 g/mol.